The Morgan fingerprint density at radius 2 is 2.06 bits per heavy atom. The molecule has 0 bridgehead atoms. The van der Waals surface area contributed by atoms with Crippen molar-refractivity contribution in [1.29, 1.82) is 0 Å². The van der Waals surface area contributed by atoms with E-state index in [1.54, 1.807) is 0 Å². The first-order chi connectivity index (χ1) is 8.70. The highest BCUT2D eigenvalue weighted by molar-refractivity contribution is 6.33. The van der Waals surface area contributed by atoms with Gasteiger partial charge in [-0.3, -0.25) is 0 Å². The van der Waals surface area contributed by atoms with Gasteiger partial charge in [0.05, 0.1) is 10.7 Å². The Morgan fingerprint density at radius 1 is 1.22 bits per heavy atom. The van der Waals surface area contributed by atoms with Crippen molar-refractivity contribution in [3.05, 3.63) is 28.8 Å². The summed E-state index contributed by atoms with van der Waals surface area (Å²) in [5.74, 6) is 0. The van der Waals surface area contributed by atoms with E-state index in [1.165, 1.54) is 18.5 Å². The molecule has 2 rings (SSSR count). The molecule has 1 aromatic carbocycles. The molecule has 0 amide bonds. The van der Waals surface area contributed by atoms with Crippen LogP contribution in [0.3, 0.4) is 0 Å². The van der Waals surface area contributed by atoms with Crippen LogP contribution in [-0.2, 0) is 6.42 Å². The van der Waals surface area contributed by atoms with Gasteiger partial charge in [-0.25, -0.2) is 0 Å². The predicted octanol–water partition coefficient (Wildman–Crippen LogP) is 1.98. The summed E-state index contributed by atoms with van der Waals surface area (Å²) in [5.41, 5.74) is 7.95. The Morgan fingerprint density at radius 3 is 2.78 bits per heavy atom. The van der Waals surface area contributed by atoms with E-state index in [-0.39, 0.29) is 0 Å². The topological polar surface area (TPSA) is 32.5 Å². The van der Waals surface area contributed by atoms with E-state index in [0.717, 1.165) is 36.8 Å². The van der Waals surface area contributed by atoms with E-state index in [1.807, 2.05) is 0 Å². The lowest BCUT2D eigenvalue weighted by Crippen LogP contribution is -2.28. The zero-order chi connectivity index (χ0) is 13.0. The van der Waals surface area contributed by atoms with Gasteiger partial charge in [-0.1, -0.05) is 17.7 Å². The lowest BCUT2D eigenvalue weighted by atomic mass is 10.1. The van der Waals surface area contributed by atoms with E-state index in [0.29, 0.717) is 6.54 Å². The summed E-state index contributed by atoms with van der Waals surface area (Å²) >= 11 is 6.39. The van der Waals surface area contributed by atoms with Crippen LogP contribution in [0.25, 0.3) is 0 Å². The third-order valence-corrected chi connectivity index (χ3v) is 3.81. The fourth-order valence-electron chi connectivity index (χ4n) is 2.42. The molecule has 1 fully saturated rings. The van der Waals surface area contributed by atoms with Gasteiger partial charge in [-0.05, 0) is 50.7 Å². The predicted molar refractivity (Wildman–Crippen MR) is 78.5 cm³/mol. The van der Waals surface area contributed by atoms with Crippen LogP contribution < -0.4 is 10.6 Å². The van der Waals surface area contributed by atoms with Crippen molar-refractivity contribution in [3.63, 3.8) is 0 Å². The lowest BCUT2D eigenvalue weighted by molar-refractivity contribution is 0.360. The molecule has 1 heterocycles. The summed E-state index contributed by atoms with van der Waals surface area (Å²) in [4.78, 5) is 4.76. The Hall–Kier alpha value is -0.770. The van der Waals surface area contributed by atoms with Gasteiger partial charge >= 0.3 is 0 Å². The van der Waals surface area contributed by atoms with Crippen molar-refractivity contribution in [3.8, 4) is 0 Å². The third kappa shape index (κ3) is 3.37. The molecule has 100 valence electrons. The van der Waals surface area contributed by atoms with E-state index in [2.05, 4.69) is 35.0 Å². The number of nitrogens with zero attached hydrogens (tertiary/aromatic N) is 2. The number of halogens is 1. The molecular weight excluding hydrogens is 246 g/mol. The van der Waals surface area contributed by atoms with E-state index >= 15 is 0 Å². The molecule has 0 radical (unpaired) electrons. The fourth-order valence-corrected chi connectivity index (χ4v) is 2.74. The van der Waals surface area contributed by atoms with E-state index in [9.17, 15) is 0 Å². The van der Waals surface area contributed by atoms with Crippen LogP contribution in [-0.4, -0.2) is 44.7 Å². The minimum Gasteiger partial charge on any atom is -0.369 e. The normalized spacial score (nSPS) is 17.8. The first kappa shape index (κ1) is 13.7. The monoisotopic (exact) mass is 267 g/mol. The lowest BCUT2D eigenvalue weighted by Gasteiger charge is -2.24. The highest BCUT2D eigenvalue weighted by Gasteiger charge is 2.15. The van der Waals surface area contributed by atoms with E-state index in [4.69, 9.17) is 17.3 Å². The van der Waals surface area contributed by atoms with Crippen LogP contribution in [0.4, 0.5) is 5.69 Å². The minimum atomic E-state index is 0.671. The van der Waals surface area contributed by atoms with Crippen molar-refractivity contribution in [2.24, 2.45) is 5.73 Å². The maximum atomic E-state index is 6.39. The summed E-state index contributed by atoms with van der Waals surface area (Å²) in [5, 5.41) is 0.852. The van der Waals surface area contributed by atoms with Crippen LogP contribution in [0.5, 0.6) is 0 Å². The average molecular weight is 268 g/mol. The van der Waals surface area contributed by atoms with Gasteiger partial charge in [0.15, 0.2) is 0 Å². The second kappa shape index (κ2) is 6.41. The van der Waals surface area contributed by atoms with Gasteiger partial charge in [-0.2, -0.15) is 0 Å². The molecule has 0 aromatic heterocycles. The standard InChI is InChI=1S/C14H22ClN3/c1-17-7-2-8-18(10-9-17)14-4-3-12(5-6-16)11-13(14)15/h3-4,11H,2,5-10,16H2,1H3. The van der Waals surface area contributed by atoms with Crippen molar-refractivity contribution in [1.82, 2.24) is 4.90 Å². The first-order valence-corrected chi connectivity index (χ1v) is 7.00. The number of nitrogens with two attached hydrogens (primary N) is 1. The number of rotatable bonds is 3. The Balaban J connectivity index is 2.12. The van der Waals surface area contributed by atoms with Crippen molar-refractivity contribution in [2.45, 2.75) is 12.8 Å². The van der Waals surface area contributed by atoms with Crippen molar-refractivity contribution >= 4 is 17.3 Å². The Bertz CT molecular complexity index is 395. The molecular formula is C14H22ClN3. The van der Waals surface area contributed by atoms with Crippen LogP contribution in [0.1, 0.15) is 12.0 Å². The molecule has 3 nitrogen and oxygen atoms in total. The minimum absolute atomic E-state index is 0.671. The summed E-state index contributed by atoms with van der Waals surface area (Å²) < 4.78 is 0. The third-order valence-electron chi connectivity index (χ3n) is 3.51. The Labute approximate surface area is 115 Å². The molecule has 18 heavy (non-hydrogen) atoms. The van der Waals surface area contributed by atoms with Crippen molar-refractivity contribution < 1.29 is 0 Å². The number of likely N-dealkylation sites (N-methyl/N-ethyl adjacent to an activating group) is 1. The molecule has 0 unspecified atom stereocenters. The summed E-state index contributed by atoms with van der Waals surface area (Å²) in [6.45, 7) is 5.07. The molecule has 0 spiro atoms. The molecule has 1 aromatic rings. The van der Waals surface area contributed by atoms with Gasteiger partial charge in [0.1, 0.15) is 0 Å². The van der Waals surface area contributed by atoms with Gasteiger partial charge in [0.2, 0.25) is 0 Å². The SMILES string of the molecule is CN1CCCN(c2ccc(CCN)cc2Cl)CC1. The maximum absolute atomic E-state index is 6.39. The fraction of sp³-hybridized carbons (Fsp3) is 0.571. The second-order valence-corrected chi connectivity index (χ2v) is 5.38. The molecule has 4 heteroatoms. The zero-order valence-corrected chi connectivity index (χ0v) is 11.8. The molecule has 1 aliphatic rings. The van der Waals surface area contributed by atoms with Gasteiger partial charge in [0, 0.05) is 19.6 Å². The van der Waals surface area contributed by atoms with Crippen molar-refractivity contribution in [2.75, 3.05) is 44.7 Å². The summed E-state index contributed by atoms with van der Waals surface area (Å²) in [6, 6.07) is 6.33. The smallest absolute Gasteiger partial charge is 0.0642 e. The number of anilines is 1. The Kier molecular flexibility index (Phi) is 4.87. The summed E-state index contributed by atoms with van der Waals surface area (Å²) in [7, 11) is 2.18. The first-order valence-electron chi connectivity index (χ1n) is 6.62. The molecule has 0 atom stereocenters. The molecule has 0 saturated carbocycles. The molecule has 1 saturated heterocycles. The van der Waals surface area contributed by atoms with Crippen LogP contribution in [0, 0.1) is 0 Å². The largest absolute Gasteiger partial charge is 0.369 e. The maximum Gasteiger partial charge on any atom is 0.0642 e. The van der Waals surface area contributed by atoms with Gasteiger partial charge in [0.25, 0.3) is 0 Å². The van der Waals surface area contributed by atoms with E-state index < -0.39 is 0 Å². The zero-order valence-electron chi connectivity index (χ0n) is 11.0. The quantitative estimate of drug-likeness (QED) is 0.909. The number of hydrogen-bond acceptors (Lipinski definition) is 3. The highest BCUT2D eigenvalue weighted by Crippen LogP contribution is 2.27. The highest BCUT2D eigenvalue weighted by atomic mass is 35.5. The van der Waals surface area contributed by atoms with Crippen LogP contribution in [0.2, 0.25) is 5.02 Å². The molecule has 1 aliphatic heterocycles. The number of benzene rings is 1. The van der Waals surface area contributed by atoms with Gasteiger partial charge < -0.3 is 15.5 Å². The van der Waals surface area contributed by atoms with Gasteiger partial charge in [-0.15, -0.1) is 0 Å². The van der Waals surface area contributed by atoms with Crippen LogP contribution in [0.15, 0.2) is 18.2 Å². The molecule has 0 aliphatic carbocycles. The molecule has 2 N–H and O–H groups in total. The summed E-state index contributed by atoms with van der Waals surface area (Å²) in [6.07, 6.45) is 2.08. The number of hydrogen-bond donors (Lipinski definition) is 1. The van der Waals surface area contributed by atoms with Crippen LogP contribution >= 0.6 is 11.6 Å². The second-order valence-electron chi connectivity index (χ2n) is 4.97. The average Bonchev–Trinajstić information content (AvgIpc) is 2.55.